The smallest absolute Gasteiger partial charge is 0.308 e. The Kier molecular flexibility index (Phi) is 5.19. The molecular formula is C14H19FN2O3. The molecule has 1 unspecified atom stereocenters. The predicted octanol–water partition coefficient (Wildman–Crippen LogP) is 2.09. The van der Waals surface area contributed by atoms with Crippen LogP contribution in [0.1, 0.15) is 37.6 Å². The molecule has 1 aromatic rings. The number of carbonyl (C=O) groups excluding carboxylic acids is 1. The fraction of sp³-hybridized carbons (Fsp3) is 0.500. The summed E-state index contributed by atoms with van der Waals surface area (Å²) in [6.07, 6.45) is 2.67. The number of amides is 1. The Morgan fingerprint density at radius 3 is 2.60 bits per heavy atom. The summed E-state index contributed by atoms with van der Waals surface area (Å²) in [6, 6.07) is 1.25. The fourth-order valence-corrected chi connectivity index (χ4v) is 1.86. The third-order valence-corrected chi connectivity index (χ3v) is 2.73. The zero-order chi connectivity index (χ0) is 15.3. The molecule has 1 amide bonds. The third-order valence-electron chi connectivity index (χ3n) is 2.73. The normalized spacial score (nSPS) is 12.8. The molecule has 1 atom stereocenters. The van der Waals surface area contributed by atoms with E-state index in [1.54, 1.807) is 0 Å². The van der Waals surface area contributed by atoms with Gasteiger partial charge in [0.15, 0.2) is 5.82 Å². The van der Waals surface area contributed by atoms with Crippen LogP contribution in [-0.2, 0) is 4.79 Å². The molecule has 20 heavy (non-hydrogen) atoms. The van der Waals surface area contributed by atoms with Crippen LogP contribution in [0, 0.1) is 17.2 Å². The Balaban J connectivity index is 2.67. The first-order chi connectivity index (χ1) is 9.20. The van der Waals surface area contributed by atoms with Crippen LogP contribution < -0.4 is 5.32 Å². The molecule has 0 aliphatic carbocycles. The number of nitrogens with one attached hydrogen (secondary N) is 1. The highest BCUT2D eigenvalue weighted by atomic mass is 19.1. The van der Waals surface area contributed by atoms with Crippen molar-refractivity contribution < 1.29 is 19.1 Å². The molecule has 5 nitrogen and oxygen atoms in total. The molecule has 0 bridgehead atoms. The van der Waals surface area contributed by atoms with Crippen molar-refractivity contribution in [2.45, 2.75) is 27.2 Å². The standard InChI is InChI=1S/C14H19FN2O3/c1-14(2,3)6-9(13(19)20)7-17-12(18)10-4-5-16-8-11(10)15/h4-5,8-9H,6-7H2,1-3H3,(H,17,18)(H,19,20). The van der Waals surface area contributed by atoms with E-state index in [2.05, 4.69) is 10.3 Å². The van der Waals surface area contributed by atoms with Crippen LogP contribution >= 0.6 is 0 Å². The van der Waals surface area contributed by atoms with Crippen molar-refractivity contribution in [2.75, 3.05) is 6.54 Å². The summed E-state index contributed by atoms with van der Waals surface area (Å²) < 4.78 is 13.4. The van der Waals surface area contributed by atoms with Gasteiger partial charge in [0.1, 0.15) is 0 Å². The summed E-state index contributed by atoms with van der Waals surface area (Å²) in [5.74, 6) is -3.04. The van der Waals surface area contributed by atoms with Crippen molar-refractivity contribution in [3.05, 3.63) is 29.8 Å². The van der Waals surface area contributed by atoms with E-state index in [9.17, 15) is 14.0 Å². The minimum absolute atomic E-state index is 0.0345. The maximum absolute atomic E-state index is 13.4. The van der Waals surface area contributed by atoms with Gasteiger partial charge in [-0.25, -0.2) is 4.39 Å². The van der Waals surface area contributed by atoms with Gasteiger partial charge in [0.2, 0.25) is 0 Å². The first kappa shape index (κ1) is 16.1. The van der Waals surface area contributed by atoms with Gasteiger partial charge >= 0.3 is 5.97 Å². The van der Waals surface area contributed by atoms with E-state index in [0.29, 0.717) is 6.42 Å². The van der Waals surface area contributed by atoms with Gasteiger partial charge in [0, 0.05) is 12.7 Å². The first-order valence-corrected chi connectivity index (χ1v) is 6.31. The van der Waals surface area contributed by atoms with Gasteiger partial charge in [-0.1, -0.05) is 20.8 Å². The lowest BCUT2D eigenvalue weighted by molar-refractivity contribution is -0.142. The Hall–Kier alpha value is -1.98. The van der Waals surface area contributed by atoms with Crippen LogP contribution in [0.15, 0.2) is 18.5 Å². The van der Waals surface area contributed by atoms with Gasteiger partial charge in [-0.15, -0.1) is 0 Å². The van der Waals surface area contributed by atoms with E-state index in [1.807, 2.05) is 20.8 Å². The lowest BCUT2D eigenvalue weighted by Gasteiger charge is -2.23. The van der Waals surface area contributed by atoms with Gasteiger partial charge < -0.3 is 10.4 Å². The molecule has 0 radical (unpaired) electrons. The number of rotatable bonds is 5. The average molecular weight is 282 g/mol. The zero-order valence-corrected chi connectivity index (χ0v) is 11.8. The largest absolute Gasteiger partial charge is 0.481 e. The molecule has 0 saturated carbocycles. The van der Waals surface area contributed by atoms with E-state index in [-0.39, 0.29) is 17.5 Å². The van der Waals surface area contributed by atoms with Crippen molar-refractivity contribution >= 4 is 11.9 Å². The number of aromatic nitrogens is 1. The number of hydrogen-bond donors (Lipinski definition) is 2. The Morgan fingerprint density at radius 2 is 2.10 bits per heavy atom. The molecular weight excluding hydrogens is 263 g/mol. The highest BCUT2D eigenvalue weighted by Gasteiger charge is 2.25. The van der Waals surface area contributed by atoms with Crippen LogP contribution in [0.25, 0.3) is 0 Å². The van der Waals surface area contributed by atoms with Gasteiger partial charge in [-0.3, -0.25) is 14.6 Å². The predicted molar refractivity (Wildman–Crippen MR) is 71.7 cm³/mol. The number of aliphatic carboxylic acids is 1. The Bertz CT molecular complexity index is 497. The summed E-state index contributed by atoms with van der Waals surface area (Å²) in [7, 11) is 0. The second kappa shape index (κ2) is 6.45. The molecule has 1 rings (SSSR count). The number of nitrogens with zero attached hydrogens (tertiary/aromatic N) is 1. The maximum Gasteiger partial charge on any atom is 0.308 e. The van der Waals surface area contributed by atoms with E-state index in [4.69, 9.17) is 5.11 Å². The molecule has 0 spiro atoms. The molecule has 0 aliphatic heterocycles. The molecule has 1 aromatic heterocycles. The number of carboxylic acid groups (broad SMARTS) is 1. The van der Waals surface area contributed by atoms with Gasteiger partial charge in [-0.05, 0) is 17.9 Å². The van der Waals surface area contributed by atoms with E-state index in [0.717, 1.165) is 6.20 Å². The number of carboxylic acids is 1. The van der Waals surface area contributed by atoms with Crippen LogP contribution in [0.4, 0.5) is 4.39 Å². The summed E-state index contributed by atoms with van der Waals surface area (Å²) in [5.41, 5.74) is -0.310. The maximum atomic E-state index is 13.4. The SMILES string of the molecule is CC(C)(C)CC(CNC(=O)c1ccncc1F)C(=O)O. The fourth-order valence-electron chi connectivity index (χ4n) is 1.86. The molecule has 1 heterocycles. The monoisotopic (exact) mass is 282 g/mol. The molecule has 110 valence electrons. The molecule has 0 saturated heterocycles. The lowest BCUT2D eigenvalue weighted by atomic mass is 9.84. The van der Waals surface area contributed by atoms with Crippen LogP contribution in [0.2, 0.25) is 0 Å². The van der Waals surface area contributed by atoms with Gasteiger partial charge in [-0.2, -0.15) is 0 Å². The Labute approximate surface area is 117 Å². The zero-order valence-electron chi connectivity index (χ0n) is 11.8. The molecule has 0 fully saturated rings. The minimum atomic E-state index is -0.976. The number of halogens is 1. The molecule has 6 heteroatoms. The van der Waals surface area contributed by atoms with E-state index < -0.39 is 23.6 Å². The number of carbonyl (C=O) groups is 2. The quantitative estimate of drug-likeness (QED) is 0.866. The number of pyridine rings is 1. The highest BCUT2D eigenvalue weighted by molar-refractivity contribution is 5.94. The minimum Gasteiger partial charge on any atom is -0.481 e. The van der Waals surface area contributed by atoms with Gasteiger partial charge in [0.25, 0.3) is 5.91 Å². The van der Waals surface area contributed by atoms with Crippen LogP contribution in [0.3, 0.4) is 0 Å². The summed E-state index contributed by atoms with van der Waals surface area (Å²) in [6.45, 7) is 5.74. The van der Waals surface area contributed by atoms with Crippen molar-refractivity contribution in [1.29, 1.82) is 0 Å². The van der Waals surface area contributed by atoms with Crippen LogP contribution in [-0.4, -0.2) is 28.5 Å². The molecule has 0 aromatic carbocycles. The first-order valence-electron chi connectivity index (χ1n) is 6.31. The third kappa shape index (κ3) is 4.95. The van der Waals surface area contributed by atoms with Crippen molar-refractivity contribution in [3.63, 3.8) is 0 Å². The molecule has 2 N–H and O–H groups in total. The van der Waals surface area contributed by atoms with E-state index in [1.165, 1.54) is 12.3 Å². The van der Waals surface area contributed by atoms with Gasteiger partial charge in [0.05, 0.1) is 17.7 Å². The number of hydrogen-bond acceptors (Lipinski definition) is 3. The van der Waals surface area contributed by atoms with Crippen molar-refractivity contribution in [3.8, 4) is 0 Å². The Morgan fingerprint density at radius 1 is 1.45 bits per heavy atom. The van der Waals surface area contributed by atoms with Crippen molar-refractivity contribution in [2.24, 2.45) is 11.3 Å². The second-order valence-corrected chi connectivity index (χ2v) is 5.87. The second-order valence-electron chi connectivity index (χ2n) is 5.87. The van der Waals surface area contributed by atoms with E-state index >= 15 is 0 Å². The average Bonchev–Trinajstić information content (AvgIpc) is 2.33. The highest BCUT2D eigenvalue weighted by Crippen LogP contribution is 2.24. The summed E-state index contributed by atoms with van der Waals surface area (Å²) in [5, 5.41) is 11.6. The van der Waals surface area contributed by atoms with Crippen LogP contribution in [0.5, 0.6) is 0 Å². The molecule has 0 aliphatic rings. The summed E-state index contributed by atoms with van der Waals surface area (Å²) >= 11 is 0. The summed E-state index contributed by atoms with van der Waals surface area (Å²) in [4.78, 5) is 26.5. The van der Waals surface area contributed by atoms with Crippen molar-refractivity contribution in [1.82, 2.24) is 10.3 Å². The lowest BCUT2D eigenvalue weighted by Crippen LogP contribution is -2.35. The topological polar surface area (TPSA) is 79.3 Å².